The fraction of sp³-hybridized carbons (Fsp3) is 1.00. The molecule has 4 rings (SSSR count). The molecule has 1 heterocycles. The summed E-state index contributed by atoms with van der Waals surface area (Å²) in [7, 11) is -3.74. The van der Waals surface area contributed by atoms with Crippen LogP contribution in [-0.2, 0) is 17.1 Å². The molecule has 1 aliphatic heterocycles. The monoisotopic (exact) mass is 428 g/mol. The Labute approximate surface area is 170 Å². The van der Waals surface area contributed by atoms with E-state index < -0.39 is 27.1 Å². The molecule has 0 aromatic heterocycles. The fourth-order valence-electron chi connectivity index (χ4n) is 5.96. The van der Waals surface area contributed by atoms with Crippen LogP contribution in [0.3, 0.4) is 0 Å². The number of methoxy groups -OCH3 is 1. The van der Waals surface area contributed by atoms with Crippen LogP contribution in [0.5, 0.6) is 0 Å². The lowest BCUT2D eigenvalue weighted by Crippen LogP contribution is -2.65. The Morgan fingerprint density at radius 1 is 0.704 bits per heavy atom. The molecule has 4 aliphatic rings. The minimum absolute atomic E-state index is 0.646. The van der Waals surface area contributed by atoms with Crippen molar-refractivity contribution in [2.45, 2.75) is 113 Å². The minimum Gasteiger partial charge on any atom is -0.420 e. The molecule has 4 fully saturated rings. The van der Waals surface area contributed by atoms with E-state index in [9.17, 15) is 0 Å². The topological polar surface area (TPSA) is 36.9 Å². The first-order valence-electron chi connectivity index (χ1n) is 11.8. The van der Waals surface area contributed by atoms with Crippen molar-refractivity contribution in [2.75, 3.05) is 13.3 Å². The maximum absolute atomic E-state index is 7.06. The van der Waals surface area contributed by atoms with E-state index in [1.165, 1.54) is 96.3 Å². The van der Waals surface area contributed by atoms with Gasteiger partial charge in [0.05, 0.1) is 6.23 Å². The van der Waals surface area contributed by atoms with Crippen LogP contribution in [0, 0.1) is 0 Å². The zero-order valence-corrected chi connectivity index (χ0v) is 20.6. The summed E-state index contributed by atoms with van der Waals surface area (Å²) >= 11 is 0. The van der Waals surface area contributed by atoms with Gasteiger partial charge in [0.2, 0.25) is 0 Å². The summed E-state index contributed by atoms with van der Waals surface area (Å²) in [6, 6.07) is 0. The van der Waals surface area contributed by atoms with Crippen LogP contribution in [0.1, 0.15) is 96.3 Å². The molecule has 0 spiro atoms. The van der Waals surface area contributed by atoms with E-state index in [-0.39, 0.29) is 0 Å². The summed E-state index contributed by atoms with van der Waals surface area (Å²) in [5.74, 6) is 0. The first kappa shape index (κ1) is 20.8. The van der Waals surface area contributed by atoms with Crippen LogP contribution < -0.4 is 0 Å². The highest BCUT2D eigenvalue weighted by molar-refractivity contribution is 6.85. The largest absolute Gasteiger partial charge is 0.420 e. The Hall–Kier alpha value is 0.491. The fourth-order valence-corrected chi connectivity index (χ4v) is 21.7. The normalized spacial score (nSPS) is 38.1. The van der Waals surface area contributed by atoms with Crippen molar-refractivity contribution in [3.63, 3.8) is 0 Å². The van der Waals surface area contributed by atoms with Crippen LogP contribution in [0.4, 0.5) is 0 Å². The molecular weight excluding hydrogens is 388 g/mol. The maximum atomic E-state index is 7.06. The smallest absolute Gasteiger partial charge is 0.350 e. The minimum atomic E-state index is -2.30. The van der Waals surface area contributed by atoms with E-state index in [2.05, 4.69) is 0 Å². The standard InChI is InChI=1S/C20H40O4Si3/c1-21-17-27(20-15-9-4-10-16-20)23-25(18-11-5-2-6-12-18)22-26(24-27)19-13-7-3-8-14-19/h18-20,25-26H,2-17H2,1H3. The lowest BCUT2D eigenvalue weighted by molar-refractivity contribution is 0.155. The first-order valence-corrected chi connectivity index (χ1v) is 17.1. The molecule has 0 aromatic carbocycles. The van der Waals surface area contributed by atoms with Gasteiger partial charge in [-0.15, -0.1) is 0 Å². The number of hydrogen-bond donors (Lipinski definition) is 0. The van der Waals surface area contributed by atoms with Crippen LogP contribution in [0.25, 0.3) is 0 Å². The van der Waals surface area contributed by atoms with Crippen molar-refractivity contribution in [1.29, 1.82) is 0 Å². The first-order chi connectivity index (χ1) is 13.3. The molecule has 0 amide bonds. The van der Waals surface area contributed by atoms with Crippen LogP contribution in [0.2, 0.25) is 16.6 Å². The van der Waals surface area contributed by atoms with Gasteiger partial charge in [0.25, 0.3) is 0 Å². The van der Waals surface area contributed by atoms with Crippen molar-refractivity contribution in [3.05, 3.63) is 0 Å². The highest BCUT2D eigenvalue weighted by Crippen LogP contribution is 2.46. The summed E-state index contributed by atoms with van der Waals surface area (Å²) < 4.78 is 26.8. The Balaban J connectivity index is 1.56. The van der Waals surface area contributed by atoms with Crippen molar-refractivity contribution in [3.8, 4) is 0 Å². The van der Waals surface area contributed by atoms with Crippen molar-refractivity contribution >= 4 is 27.1 Å². The third-order valence-electron chi connectivity index (χ3n) is 7.54. The Bertz CT molecular complexity index is 423. The molecule has 1 saturated heterocycles. The predicted molar refractivity (Wildman–Crippen MR) is 116 cm³/mol. The van der Waals surface area contributed by atoms with Gasteiger partial charge in [-0.3, -0.25) is 0 Å². The Morgan fingerprint density at radius 2 is 1.15 bits per heavy atom. The van der Waals surface area contributed by atoms with Crippen molar-refractivity contribution in [1.82, 2.24) is 0 Å². The molecule has 3 saturated carbocycles. The zero-order chi connectivity index (χ0) is 18.5. The molecule has 2 unspecified atom stereocenters. The quantitative estimate of drug-likeness (QED) is 0.569. The second-order valence-corrected chi connectivity index (χ2v) is 18.5. The molecule has 0 radical (unpaired) electrons. The molecule has 27 heavy (non-hydrogen) atoms. The van der Waals surface area contributed by atoms with Crippen LogP contribution >= 0.6 is 0 Å². The van der Waals surface area contributed by atoms with E-state index in [0.717, 1.165) is 17.3 Å². The SMILES string of the molecule is COC[Si]1(C2CCCCC2)O[SiH](C2CCCCC2)O[SiH](C2CCCCC2)O1. The predicted octanol–water partition coefficient (Wildman–Crippen LogP) is 5.12. The molecule has 0 N–H and O–H groups in total. The van der Waals surface area contributed by atoms with E-state index in [0.29, 0.717) is 5.54 Å². The van der Waals surface area contributed by atoms with Gasteiger partial charge in [0.15, 0.2) is 0 Å². The second kappa shape index (κ2) is 10.00. The Kier molecular flexibility index (Phi) is 7.68. The molecule has 2 atom stereocenters. The molecule has 7 heteroatoms. The average molecular weight is 429 g/mol. The maximum Gasteiger partial charge on any atom is 0.350 e. The summed E-state index contributed by atoms with van der Waals surface area (Å²) in [5.41, 5.74) is 2.11. The van der Waals surface area contributed by atoms with E-state index in [1.54, 1.807) is 0 Å². The van der Waals surface area contributed by atoms with Crippen molar-refractivity contribution < 1.29 is 17.1 Å². The van der Waals surface area contributed by atoms with Gasteiger partial charge in [-0.1, -0.05) is 57.8 Å². The zero-order valence-electron chi connectivity index (χ0n) is 17.3. The third-order valence-corrected chi connectivity index (χ3v) is 20.1. The molecular formula is C20H40O4Si3. The van der Waals surface area contributed by atoms with Gasteiger partial charge in [-0.2, -0.15) is 0 Å². The summed E-state index contributed by atoms with van der Waals surface area (Å²) in [6.45, 7) is 0. The molecule has 0 aromatic rings. The van der Waals surface area contributed by atoms with Gasteiger partial charge < -0.3 is 17.1 Å². The lowest BCUT2D eigenvalue weighted by Gasteiger charge is -2.50. The number of rotatable bonds is 5. The van der Waals surface area contributed by atoms with Gasteiger partial charge in [-0.05, 0) is 49.6 Å². The van der Waals surface area contributed by atoms with E-state index >= 15 is 0 Å². The Morgan fingerprint density at radius 3 is 1.59 bits per heavy atom. The van der Waals surface area contributed by atoms with Crippen molar-refractivity contribution in [2.24, 2.45) is 0 Å². The highest BCUT2D eigenvalue weighted by Gasteiger charge is 2.56. The lowest BCUT2D eigenvalue weighted by atomic mass is 10.0. The van der Waals surface area contributed by atoms with Gasteiger partial charge >= 0.3 is 27.1 Å². The highest BCUT2D eigenvalue weighted by atomic mass is 28.5. The number of ether oxygens (including phenoxy) is 1. The summed E-state index contributed by atoms with van der Waals surface area (Å²) in [6.07, 6.45) is 21.1. The molecule has 0 bridgehead atoms. The van der Waals surface area contributed by atoms with Gasteiger partial charge in [0, 0.05) is 12.7 Å². The summed E-state index contributed by atoms with van der Waals surface area (Å²) in [4.78, 5) is 0. The van der Waals surface area contributed by atoms with Crippen LogP contribution in [0.15, 0.2) is 0 Å². The third kappa shape index (κ3) is 4.98. The second-order valence-electron chi connectivity index (χ2n) is 9.48. The van der Waals surface area contributed by atoms with Gasteiger partial charge in [-0.25, -0.2) is 0 Å². The van der Waals surface area contributed by atoms with Crippen LogP contribution in [-0.4, -0.2) is 40.5 Å². The molecule has 156 valence electrons. The van der Waals surface area contributed by atoms with E-state index in [1.807, 2.05) is 7.11 Å². The summed E-state index contributed by atoms with van der Waals surface area (Å²) in [5, 5.41) is 0. The average Bonchev–Trinajstić information content (AvgIpc) is 2.76. The molecule has 3 aliphatic carbocycles. The van der Waals surface area contributed by atoms with E-state index in [4.69, 9.17) is 17.1 Å². The molecule has 4 nitrogen and oxygen atoms in total. The number of hydrogen-bond acceptors (Lipinski definition) is 4. The van der Waals surface area contributed by atoms with Gasteiger partial charge in [0.1, 0.15) is 0 Å².